The summed E-state index contributed by atoms with van der Waals surface area (Å²) < 4.78 is 0. The second-order valence-electron chi connectivity index (χ2n) is 5.09. The van der Waals surface area contributed by atoms with E-state index in [9.17, 15) is 9.59 Å². The summed E-state index contributed by atoms with van der Waals surface area (Å²) >= 11 is 1.36. The Morgan fingerprint density at radius 1 is 1.08 bits per heavy atom. The summed E-state index contributed by atoms with van der Waals surface area (Å²) in [4.78, 5) is 25.2. The molecule has 1 heterocycles. The molecule has 0 aliphatic heterocycles. The molecule has 1 unspecified atom stereocenters. The molecular formula is C17H22ClN3O2S. The lowest BCUT2D eigenvalue weighted by Crippen LogP contribution is -2.48. The molecule has 1 aromatic carbocycles. The van der Waals surface area contributed by atoms with E-state index in [1.54, 1.807) is 6.07 Å². The summed E-state index contributed by atoms with van der Waals surface area (Å²) in [7, 11) is 1.83. The lowest BCUT2D eigenvalue weighted by Gasteiger charge is -2.18. The van der Waals surface area contributed by atoms with Gasteiger partial charge in [-0.3, -0.25) is 9.59 Å². The zero-order valence-electron chi connectivity index (χ0n) is 13.5. The Morgan fingerprint density at radius 3 is 2.46 bits per heavy atom. The van der Waals surface area contributed by atoms with E-state index < -0.39 is 6.04 Å². The lowest BCUT2D eigenvalue weighted by atomic mass is 10.1. The van der Waals surface area contributed by atoms with E-state index in [2.05, 4.69) is 16.0 Å². The average Bonchev–Trinajstić information content (AvgIpc) is 3.10. The van der Waals surface area contributed by atoms with Crippen molar-refractivity contribution in [3.8, 4) is 0 Å². The predicted octanol–water partition coefficient (Wildman–Crippen LogP) is 1.85. The molecule has 0 aliphatic rings. The van der Waals surface area contributed by atoms with Crippen molar-refractivity contribution in [1.82, 2.24) is 16.0 Å². The monoisotopic (exact) mass is 367 g/mol. The van der Waals surface area contributed by atoms with Crippen LogP contribution in [0.25, 0.3) is 0 Å². The van der Waals surface area contributed by atoms with Gasteiger partial charge >= 0.3 is 0 Å². The second-order valence-corrected chi connectivity index (χ2v) is 6.04. The molecular weight excluding hydrogens is 346 g/mol. The number of carbonyl (C=O) groups excluding carboxylic acids is 2. The van der Waals surface area contributed by atoms with Gasteiger partial charge in [0.05, 0.1) is 4.88 Å². The van der Waals surface area contributed by atoms with Crippen LogP contribution in [0.1, 0.15) is 15.2 Å². The molecule has 2 rings (SSSR count). The van der Waals surface area contributed by atoms with Gasteiger partial charge in [-0.15, -0.1) is 23.7 Å². The molecule has 5 nitrogen and oxygen atoms in total. The normalized spacial score (nSPS) is 11.2. The molecule has 0 saturated carbocycles. The molecule has 0 spiro atoms. The molecule has 130 valence electrons. The van der Waals surface area contributed by atoms with Gasteiger partial charge in [0.2, 0.25) is 5.91 Å². The summed E-state index contributed by atoms with van der Waals surface area (Å²) in [5.41, 5.74) is 1.01. The number of hydrogen-bond acceptors (Lipinski definition) is 4. The highest BCUT2D eigenvalue weighted by atomic mass is 35.5. The van der Waals surface area contributed by atoms with E-state index in [-0.39, 0.29) is 24.2 Å². The van der Waals surface area contributed by atoms with Crippen LogP contribution in [0.3, 0.4) is 0 Å². The van der Waals surface area contributed by atoms with Crippen molar-refractivity contribution in [1.29, 1.82) is 0 Å². The maximum atomic E-state index is 12.4. The minimum Gasteiger partial charge on any atom is -0.353 e. The Hall–Kier alpha value is -1.89. The van der Waals surface area contributed by atoms with Gasteiger partial charge in [-0.1, -0.05) is 36.4 Å². The summed E-state index contributed by atoms with van der Waals surface area (Å²) in [5, 5.41) is 10.5. The van der Waals surface area contributed by atoms with Crippen molar-refractivity contribution >= 4 is 35.6 Å². The Bertz CT molecular complexity index is 620. The summed E-state index contributed by atoms with van der Waals surface area (Å²) in [5.74, 6) is -0.390. The lowest BCUT2D eigenvalue weighted by molar-refractivity contribution is -0.122. The van der Waals surface area contributed by atoms with Crippen LogP contribution in [0.15, 0.2) is 47.8 Å². The average molecular weight is 368 g/mol. The number of nitrogens with one attached hydrogen (secondary N) is 3. The number of thiophene rings is 1. The molecule has 0 radical (unpaired) electrons. The van der Waals surface area contributed by atoms with Gasteiger partial charge in [0.15, 0.2) is 0 Å². The topological polar surface area (TPSA) is 70.2 Å². The van der Waals surface area contributed by atoms with Crippen LogP contribution in [0.5, 0.6) is 0 Å². The van der Waals surface area contributed by atoms with E-state index in [0.717, 1.165) is 5.56 Å². The van der Waals surface area contributed by atoms with E-state index in [0.29, 0.717) is 24.4 Å². The van der Waals surface area contributed by atoms with Crippen molar-refractivity contribution in [3.63, 3.8) is 0 Å². The largest absolute Gasteiger partial charge is 0.353 e. The van der Waals surface area contributed by atoms with E-state index in [1.165, 1.54) is 11.3 Å². The summed E-state index contributed by atoms with van der Waals surface area (Å²) in [6.45, 7) is 1.21. The Labute approximate surface area is 152 Å². The third-order valence-corrected chi connectivity index (χ3v) is 4.19. The minimum atomic E-state index is -0.594. The number of benzene rings is 1. The standard InChI is InChI=1S/C17H21N3O2S.ClH/c1-18-9-10-19-16(21)14(12-13-6-3-2-4-7-13)20-17(22)15-8-5-11-23-15;/h2-8,11,14,18H,9-10,12H2,1H3,(H,19,21)(H,20,22);1H. The zero-order chi connectivity index (χ0) is 16.5. The highest BCUT2D eigenvalue weighted by Gasteiger charge is 2.21. The van der Waals surface area contributed by atoms with Crippen LogP contribution in [0.2, 0.25) is 0 Å². The fraction of sp³-hybridized carbons (Fsp3) is 0.294. The maximum Gasteiger partial charge on any atom is 0.262 e. The first-order chi connectivity index (χ1) is 11.2. The molecule has 1 aromatic heterocycles. The van der Waals surface area contributed by atoms with Crippen LogP contribution in [-0.4, -0.2) is 38.0 Å². The molecule has 0 saturated heterocycles. The maximum absolute atomic E-state index is 12.4. The van der Waals surface area contributed by atoms with Crippen molar-refractivity contribution in [2.24, 2.45) is 0 Å². The molecule has 0 aliphatic carbocycles. The van der Waals surface area contributed by atoms with E-state index >= 15 is 0 Å². The van der Waals surface area contributed by atoms with Gasteiger partial charge in [-0.25, -0.2) is 0 Å². The second kappa shape index (κ2) is 10.8. The highest BCUT2D eigenvalue weighted by molar-refractivity contribution is 7.12. The minimum absolute atomic E-state index is 0. The molecule has 2 aromatic rings. The van der Waals surface area contributed by atoms with Gasteiger partial charge in [0.25, 0.3) is 5.91 Å². The number of carbonyl (C=O) groups is 2. The number of halogens is 1. The Morgan fingerprint density at radius 2 is 1.83 bits per heavy atom. The quantitative estimate of drug-likeness (QED) is 0.623. The smallest absolute Gasteiger partial charge is 0.262 e. The SMILES string of the molecule is CNCCNC(=O)C(Cc1ccccc1)NC(=O)c1cccs1.Cl. The zero-order valence-corrected chi connectivity index (χ0v) is 15.1. The number of rotatable bonds is 8. The number of likely N-dealkylation sites (N-methyl/N-ethyl adjacent to an activating group) is 1. The van der Waals surface area contributed by atoms with Crippen LogP contribution in [0.4, 0.5) is 0 Å². The third kappa shape index (κ3) is 6.31. The summed E-state index contributed by atoms with van der Waals surface area (Å²) in [6.07, 6.45) is 0.462. The first-order valence-electron chi connectivity index (χ1n) is 7.51. The molecule has 24 heavy (non-hydrogen) atoms. The molecule has 1 atom stereocenters. The van der Waals surface area contributed by atoms with E-state index in [1.807, 2.05) is 48.8 Å². The third-order valence-electron chi connectivity index (χ3n) is 3.32. The highest BCUT2D eigenvalue weighted by Crippen LogP contribution is 2.10. The van der Waals surface area contributed by atoms with Crippen LogP contribution in [0, 0.1) is 0 Å². The molecule has 7 heteroatoms. The molecule has 0 fully saturated rings. The van der Waals surface area contributed by atoms with E-state index in [4.69, 9.17) is 0 Å². The van der Waals surface area contributed by atoms with Gasteiger partial charge in [-0.2, -0.15) is 0 Å². The summed E-state index contributed by atoms with van der Waals surface area (Å²) in [6, 6.07) is 12.6. The van der Waals surface area contributed by atoms with Crippen molar-refractivity contribution in [2.75, 3.05) is 20.1 Å². The molecule has 3 N–H and O–H groups in total. The van der Waals surface area contributed by atoms with Gasteiger partial charge in [0.1, 0.15) is 6.04 Å². The number of hydrogen-bond donors (Lipinski definition) is 3. The fourth-order valence-corrected chi connectivity index (χ4v) is 2.76. The van der Waals surface area contributed by atoms with Crippen molar-refractivity contribution in [3.05, 3.63) is 58.3 Å². The van der Waals surface area contributed by atoms with Crippen molar-refractivity contribution in [2.45, 2.75) is 12.5 Å². The first-order valence-corrected chi connectivity index (χ1v) is 8.39. The number of amides is 2. The fourth-order valence-electron chi connectivity index (χ4n) is 2.13. The van der Waals surface area contributed by atoms with Crippen LogP contribution >= 0.6 is 23.7 Å². The van der Waals surface area contributed by atoms with Gasteiger partial charge in [0, 0.05) is 19.5 Å². The van der Waals surface area contributed by atoms with Crippen LogP contribution in [-0.2, 0) is 11.2 Å². The predicted molar refractivity (Wildman–Crippen MR) is 99.9 cm³/mol. The first kappa shape index (κ1) is 20.2. The van der Waals surface area contributed by atoms with Crippen molar-refractivity contribution < 1.29 is 9.59 Å². The van der Waals surface area contributed by atoms with Gasteiger partial charge < -0.3 is 16.0 Å². The molecule has 2 amide bonds. The van der Waals surface area contributed by atoms with Gasteiger partial charge in [-0.05, 0) is 24.1 Å². The molecule has 0 bridgehead atoms. The Balaban J connectivity index is 0.00000288. The van der Waals surface area contributed by atoms with Crippen LogP contribution < -0.4 is 16.0 Å². The Kier molecular flexibility index (Phi) is 9.07.